The Bertz CT molecular complexity index is 379. The number of methoxy groups -OCH3 is 1. The predicted molar refractivity (Wildman–Crippen MR) is 64.9 cm³/mol. The average molecular weight is 338 g/mol. The van der Waals surface area contributed by atoms with E-state index in [-0.39, 0.29) is 5.75 Å². The lowest BCUT2D eigenvalue weighted by atomic mass is 10.3. The number of ether oxygens (including phenoxy) is 2. The number of carbonyl (C=O) groups excluding carboxylic acids is 1. The summed E-state index contributed by atoms with van der Waals surface area (Å²) in [7, 11) is 1.45. The van der Waals surface area contributed by atoms with E-state index in [9.17, 15) is 9.90 Å². The summed E-state index contributed by atoms with van der Waals surface area (Å²) in [5, 5.41) is 9.23. The fraction of sp³-hybridized carbons (Fsp3) is 0.300. The Balaban J connectivity index is 2.84. The molecule has 0 radical (unpaired) electrons. The first kappa shape index (κ1) is 12.9. The van der Waals surface area contributed by atoms with Gasteiger partial charge in [-0.1, -0.05) is 0 Å². The molecule has 0 heterocycles. The summed E-state index contributed by atoms with van der Waals surface area (Å²) in [5.74, 6) is 0.298. The summed E-state index contributed by atoms with van der Waals surface area (Å²) in [6.07, 6.45) is -0.740. The highest BCUT2D eigenvalue weighted by atomic mass is 127. The van der Waals surface area contributed by atoms with Crippen molar-refractivity contribution in [1.29, 1.82) is 0 Å². The van der Waals surface area contributed by atoms with E-state index in [1.54, 1.807) is 6.92 Å². The molecular weight excluding hydrogens is 327 g/mol. The van der Waals surface area contributed by atoms with Gasteiger partial charge in [-0.05, 0) is 19.1 Å². The third kappa shape index (κ3) is 3.16. The Labute approximate surface area is 107 Å². The lowest BCUT2D eigenvalue weighted by Crippen LogP contribution is -2.23. The predicted octanol–water partition coefficient (Wildman–Crippen LogP) is 2.06. The summed E-state index contributed by atoms with van der Waals surface area (Å²) in [6, 6.07) is 4.36. The van der Waals surface area contributed by atoms with E-state index in [4.69, 9.17) is 9.47 Å². The van der Waals surface area contributed by atoms with E-state index in [1.165, 1.54) is 48.3 Å². The molecule has 0 aliphatic carbocycles. The van der Waals surface area contributed by atoms with E-state index < -0.39 is 12.1 Å². The van der Waals surface area contributed by atoms with E-state index >= 15 is 0 Å². The van der Waals surface area contributed by atoms with Gasteiger partial charge in [-0.3, -0.25) is 0 Å². The first-order valence-corrected chi connectivity index (χ1v) is 5.32. The standard InChI is InChI=1S/C10H11IO5/c1-6(10(13)16-11)15-8-4-3-7(12)5-9(8)14-2/h3-6,12H,1-2H3. The minimum atomic E-state index is -0.740. The Morgan fingerprint density at radius 2 is 2.12 bits per heavy atom. The van der Waals surface area contributed by atoms with Crippen LogP contribution in [0.5, 0.6) is 17.2 Å². The van der Waals surface area contributed by atoms with Crippen molar-refractivity contribution >= 4 is 29.0 Å². The van der Waals surface area contributed by atoms with Crippen molar-refractivity contribution in [3.05, 3.63) is 18.2 Å². The van der Waals surface area contributed by atoms with E-state index in [2.05, 4.69) is 3.07 Å². The lowest BCUT2D eigenvalue weighted by Gasteiger charge is -2.14. The number of halogens is 1. The molecule has 0 saturated carbocycles. The second-order valence-electron chi connectivity index (χ2n) is 2.99. The first-order chi connectivity index (χ1) is 7.58. The molecule has 6 heteroatoms. The summed E-state index contributed by atoms with van der Waals surface area (Å²) in [6.45, 7) is 1.56. The van der Waals surface area contributed by atoms with E-state index in [0.29, 0.717) is 11.5 Å². The molecule has 1 aromatic rings. The number of carbonyl (C=O) groups is 1. The maximum absolute atomic E-state index is 11.1. The molecule has 1 unspecified atom stereocenters. The van der Waals surface area contributed by atoms with Gasteiger partial charge in [0.1, 0.15) is 5.75 Å². The normalized spacial score (nSPS) is 11.7. The molecule has 0 fully saturated rings. The van der Waals surface area contributed by atoms with Crippen molar-refractivity contribution in [3.63, 3.8) is 0 Å². The number of hydrogen-bond donors (Lipinski definition) is 1. The van der Waals surface area contributed by atoms with Gasteiger partial charge in [-0.2, -0.15) is 0 Å². The fourth-order valence-electron chi connectivity index (χ4n) is 1.05. The van der Waals surface area contributed by atoms with Crippen LogP contribution in [-0.4, -0.2) is 24.3 Å². The van der Waals surface area contributed by atoms with Gasteiger partial charge in [0.05, 0.1) is 7.11 Å². The quantitative estimate of drug-likeness (QED) is 0.852. The lowest BCUT2D eigenvalue weighted by molar-refractivity contribution is -0.138. The van der Waals surface area contributed by atoms with Gasteiger partial charge in [-0.25, -0.2) is 4.79 Å². The van der Waals surface area contributed by atoms with Crippen LogP contribution in [-0.2, 0) is 7.86 Å². The molecule has 0 bridgehead atoms. The van der Waals surface area contributed by atoms with Crippen molar-refractivity contribution in [1.82, 2.24) is 0 Å². The zero-order chi connectivity index (χ0) is 12.1. The van der Waals surface area contributed by atoms with E-state index in [1.807, 2.05) is 0 Å². The van der Waals surface area contributed by atoms with Crippen molar-refractivity contribution in [2.75, 3.05) is 7.11 Å². The van der Waals surface area contributed by atoms with Crippen molar-refractivity contribution in [2.45, 2.75) is 13.0 Å². The second kappa shape index (κ2) is 5.78. The van der Waals surface area contributed by atoms with Gasteiger partial charge in [0.15, 0.2) is 40.6 Å². The summed E-state index contributed by atoms with van der Waals surface area (Å²) in [4.78, 5) is 11.1. The topological polar surface area (TPSA) is 65.0 Å². The van der Waals surface area contributed by atoms with Crippen LogP contribution in [0, 0.1) is 0 Å². The Kier molecular flexibility index (Phi) is 4.66. The fourth-order valence-corrected chi connectivity index (χ4v) is 1.41. The Morgan fingerprint density at radius 1 is 1.44 bits per heavy atom. The number of rotatable bonds is 4. The highest BCUT2D eigenvalue weighted by Gasteiger charge is 2.17. The van der Waals surface area contributed by atoms with Crippen LogP contribution < -0.4 is 9.47 Å². The minimum Gasteiger partial charge on any atom is -0.508 e. The Hall–Kier alpha value is -1.18. The third-order valence-corrected chi connectivity index (χ3v) is 2.29. The molecule has 1 rings (SSSR count). The van der Waals surface area contributed by atoms with Crippen LogP contribution in [0.1, 0.15) is 6.92 Å². The zero-order valence-corrected chi connectivity index (χ0v) is 10.9. The SMILES string of the molecule is COc1cc(O)ccc1OC(C)C(=O)OI. The molecule has 0 aliphatic rings. The smallest absolute Gasteiger partial charge is 0.356 e. The number of aromatic hydroxyl groups is 1. The molecule has 16 heavy (non-hydrogen) atoms. The summed E-state index contributed by atoms with van der Waals surface area (Å²) in [5.41, 5.74) is 0. The highest BCUT2D eigenvalue weighted by Crippen LogP contribution is 2.31. The third-order valence-electron chi connectivity index (χ3n) is 1.86. The molecule has 1 N–H and O–H groups in total. The van der Waals surface area contributed by atoms with Crippen molar-refractivity contribution in [3.8, 4) is 17.2 Å². The molecule has 0 saturated heterocycles. The van der Waals surface area contributed by atoms with Crippen LogP contribution in [0.15, 0.2) is 18.2 Å². The zero-order valence-electron chi connectivity index (χ0n) is 8.77. The monoisotopic (exact) mass is 338 g/mol. The molecule has 0 aliphatic heterocycles. The molecule has 5 nitrogen and oxygen atoms in total. The van der Waals surface area contributed by atoms with Crippen LogP contribution in [0.4, 0.5) is 0 Å². The van der Waals surface area contributed by atoms with Gasteiger partial charge in [-0.15, -0.1) is 0 Å². The van der Waals surface area contributed by atoms with Gasteiger partial charge in [0, 0.05) is 6.07 Å². The number of phenolic OH excluding ortho intramolecular Hbond substituents is 1. The van der Waals surface area contributed by atoms with Gasteiger partial charge < -0.3 is 17.6 Å². The van der Waals surface area contributed by atoms with Crippen LogP contribution in [0.25, 0.3) is 0 Å². The number of benzene rings is 1. The van der Waals surface area contributed by atoms with Gasteiger partial charge in [0.2, 0.25) is 0 Å². The summed E-state index contributed by atoms with van der Waals surface area (Å²) >= 11 is 1.49. The van der Waals surface area contributed by atoms with E-state index in [0.717, 1.165) is 0 Å². The number of hydrogen-bond acceptors (Lipinski definition) is 5. The summed E-state index contributed by atoms with van der Waals surface area (Å²) < 4.78 is 14.8. The molecule has 0 spiro atoms. The molecule has 0 aromatic heterocycles. The minimum absolute atomic E-state index is 0.0633. The van der Waals surface area contributed by atoms with Crippen LogP contribution >= 0.6 is 23.0 Å². The van der Waals surface area contributed by atoms with Crippen molar-refractivity contribution in [2.24, 2.45) is 0 Å². The Morgan fingerprint density at radius 3 is 2.69 bits per heavy atom. The second-order valence-corrected chi connectivity index (χ2v) is 3.43. The average Bonchev–Trinajstić information content (AvgIpc) is 2.30. The molecule has 1 atom stereocenters. The largest absolute Gasteiger partial charge is 0.508 e. The first-order valence-electron chi connectivity index (χ1n) is 4.44. The molecule has 0 amide bonds. The van der Waals surface area contributed by atoms with Gasteiger partial charge >= 0.3 is 5.97 Å². The van der Waals surface area contributed by atoms with Gasteiger partial charge in [0.25, 0.3) is 0 Å². The molecule has 1 aromatic carbocycles. The highest BCUT2D eigenvalue weighted by molar-refractivity contribution is 14.1. The maximum Gasteiger partial charge on any atom is 0.356 e. The molecule has 88 valence electrons. The maximum atomic E-state index is 11.1. The molecular formula is C10H11IO5. The number of phenols is 1. The van der Waals surface area contributed by atoms with Crippen LogP contribution in [0.2, 0.25) is 0 Å². The van der Waals surface area contributed by atoms with Crippen molar-refractivity contribution < 1.29 is 22.4 Å². The van der Waals surface area contributed by atoms with Crippen LogP contribution in [0.3, 0.4) is 0 Å².